The Morgan fingerprint density at radius 2 is 1.60 bits per heavy atom. The van der Waals surface area contributed by atoms with Crippen molar-refractivity contribution < 1.29 is 22.8 Å². The molecule has 4 aromatic rings. The molecule has 0 saturated heterocycles. The van der Waals surface area contributed by atoms with E-state index in [-0.39, 0.29) is 29.8 Å². The number of hydrogen-bond acceptors (Lipinski definition) is 5. The van der Waals surface area contributed by atoms with Crippen LogP contribution < -0.4 is 16.2 Å². The van der Waals surface area contributed by atoms with E-state index >= 15 is 0 Å². The summed E-state index contributed by atoms with van der Waals surface area (Å²) in [6.45, 7) is -0.00176. The van der Waals surface area contributed by atoms with Crippen LogP contribution in [0.4, 0.5) is 24.5 Å². The zero-order valence-electron chi connectivity index (χ0n) is 18.0. The Bertz CT molecular complexity index is 1470. The molecule has 0 fully saturated rings. The molecule has 1 heterocycles. The first-order chi connectivity index (χ1) is 16.7. The molecule has 8 nitrogen and oxygen atoms in total. The summed E-state index contributed by atoms with van der Waals surface area (Å²) in [7, 11) is 0. The first-order valence-electron chi connectivity index (χ1n) is 10.4. The second kappa shape index (κ2) is 9.75. The summed E-state index contributed by atoms with van der Waals surface area (Å²) >= 11 is 0. The van der Waals surface area contributed by atoms with Crippen LogP contribution in [0.2, 0.25) is 0 Å². The third kappa shape index (κ3) is 5.69. The van der Waals surface area contributed by atoms with Gasteiger partial charge in [-0.1, -0.05) is 29.5 Å². The maximum Gasteiger partial charge on any atom is 0.416 e. The number of amides is 2. The van der Waals surface area contributed by atoms with Gasteiger partial charge in [-0.2, -0.15) is 13.2 Å². The molecule has 0 aliphatic carbocycles. The predicted octanol–water partition coefficient (Wildman–Crippen LogP) is 4.09. The Labute approximate surface area is 196 Å². The van der Waals surface area contributed by atoms with E-state index in [4.69, 9.17) is 0 Å². The number of fused-ring (bicyclic) bond motifs is 1. The molecule has 2 N–H and O–H groups in total. The lowest BCUT2D eigenvalue weighted by atomic mass is 10.1. The molecule has 4 rings (SSSR count). The highest BCUT2D eigenvalue weighted by molar-refractivity contribution is 6.05. The number of carbonyl (C=O) groups excluding carboxylic acids is 2. The fourth-order valence-electron chi connectivity index (χ4n) is 3.32. The molecule has 0 aliphatic heterocycles. The van der Waals surface area contributed by atoms with Crippen LogP contribution in [0.25, 0.3) is 10.9 Å². The SMILES string of the molecule is O=C(CCn1nnc2ccccc2c1=O)Nc1cccc(C(=O)Nc2cccc(C(F)(F)F)c2)c1. The van der Waals surface area contributed by atoms with E-state index in [1.165, 1.54) is 30.3 Å². The molecule has 0 radical (unpaired) electrons. The lowest BCUT2D eigenvalue weighted by Gasteiger charge is -2.11. The number of nitrogens with one attached hydrogen (secondary N) is 2. The van der Waals surface area contributed by atoms with Gasteiger partial charge in [0.25, 0.3) is 11.5 Å². The van der Waals surface area contributed by atoms with Gasteiger partial charge in [0.1, 0.15) is 5.52 Å². The monoisotopic (exact) mass is 481 g/mol. The van der Waals surface area contributed by atoms with Crippen LogP contribution in [0.1, 0.15) is 22.3 Å². The quantitative estimate of drug-likeness (QED) is 0.432. The van der Waals surface area contributed by atoms with Gasteiger partial charge < -0.3 is 10.6 Å². The molecule has 3 aromatic carbocycles. The molecule has 0 aliphatic rings. The number of anilines is 2. The van der Waals surface area contributed by atoms with Crippen LogP contribution >= 0.6 is 0 Å². The van der Waals surface area contributed by atoms with Crippen molar-refractivity contribution in [3.63, 3.8) is 0 Å². The number of benzene rings is 3. The second-order valence-electron chi connectivity index (χ2n) is 7.55. The molecule has 178 valence electrons. The van der Waals surface area contributed by atoms with Gasteiger partial charge in [0, 0.05) is 23.4 Å². The zero-order chi connectivity index (χ0) is 25.0. The maximum atomic E-state index is 12.9. The topological polar surface area (TPSA) is 106 Å². The molecule has 0 bridgehead atoms. The van der Waals surface area contributed by atoms with E-state index in [2.05, 4.69) is 20.9 Å². The van der Waals surface area contributed by atoms with Crippen molar-refractivity contribution in [1.29, 1.82) is 0 Å². The van der Waals surface area contributed by atoms with Crippen LogP contribution in [-0.4, -0.2) is 26.8 Å². The minimum Gasteiger partial charge on any atom is -0.326 e. The average molecular weight is 481 g/mol. The zero-order valence-corrected chi connectivity index (χ0v) is 18.0. The first kappa shape index (κ1) is 23.6. The number of hydrogen-bond donors (Lipinski definition) is 2. The van der Waals surface area contributed by atoms with Gasteiger partial charge in [-0.05, 0) is 48.5 Å². The van der Waals surface area contributed by atoms with Gasteiger partial charge in [0.15, 0.2) is 0 Å². The number of halogens is 3. The standard InChI is InChI=1S/C24H18F3N5O3/c25-24(26,27)16-6-4-8-18(14-16)29-22(34)15-5-3-7-17(13-15)28-21(33)11-12-32-23(35)19-9-1-2-10-20(19)30-31-32/h1-10,13-14H,11-12H2,(H,28,33)(H,29,34). The highest BCUT2D eigenvalue weighted by Crippen LogP contribution is 2.30. The van der Waals surface area contributed by atoms with Crippen molar-refractivity contribution in [2.75, 3.05) is 10.6 Å². The van der Waals surface area contributed by atoms with Crippen LogP contribution in [0, 0.1) is 0 Å². The van der Waals surface area contributed by atoms with E-state index < -0.39 is 23.6 Å². The van der Waals surface area contributed by atoms with Crippen molar-refractivity contribution in [2.45, 2.75) is 19.1 Å². The average Bonchev–Trinajstić information content (AvgIpc) is 2.83. The lowest BCUT2D eigenvalue weighted by Crippen LogP contribution is -2.26. The van der Waals surface area contributed by atoms with Crippen LogP contribution in [0.5, 0.6) is 0 Å². The smallest absolute Gasteiger partial charge is 0.326 e. The van der Waals surface area contributed by atoms with Gasteiger partial charge in [-0.25, -0.2) is 4.68 Å². The first-order valence-corrected chi connectivity index (χ1v) is 10.4. The molecule has 1 aromatic heterocycles. The van der Waals surface area contributed by atoms with Gasteiger partial charge in [-0.3, -0.25) is 14.4 Å². The summed E-state index contributed by atoms with van der Waals surface area (Å²) in [4.78, 5) is 37.4. The fourth-order valence-corrected chi connectivity index (χ4v) is 3.32. The van der Waals surface area contributed by atoms with Crippen molar-refractivity contribution in [1.82, 2.24) is 15.0 Å². The van der Waals surface area contributed by atoms with Gasteiger partial charge >= 0.3 is 6.18 Å². The highest BCUT2D eigenvalue weighted by Gasteiger charge is 2.30. The number of carbonyl (C=O) groups is 2. The van der Waals surface area contributed by atoms with E-state index in [1.54, 1.807) is 30.3 Å². The van der Waals surface area contributed by atoms with Crippen LogP contribution in [0.15, 0.2) is 77.6 Å². The molecule has 0 atom stereocenters. The van der Waals surface area contributed by atoms with E-state index in [9.17, 15) is 27.6 Å². The molecular formula is C24H18F3N5O3. The number of rotatable bonds is 6. The Balaban J connectivity index is 1.39. The Hall–Kier alpha value is -4.54. The summed E-state index contributed by atoms with van der Waals surface area (Å²) in [5, 5.41) is 13.2. The molecule has 35 heavy (non-hydrogen) atoms. The molecule has 0 unspecified atom stereocenters. The Morgan fingerprint density at radius 1 is 0.886 bits per heavy atom. The number of aryl methyl sites for hydroxylation is 1. The van der Waals surface area contributed by atoms with Crippen LogP contribution in [-0.2, 0) is 17.5 Å². The Kier molecular flexibility index (Phi) is 6.58. The van der Waals surface area contributed by atoms with Gasteiger partial charge in [0.05, 0.1) is 17.5 Å². The lowest BCUT2D eigenvalue weighted by molar-refractivity contribution is -0.137. The van der Waals surface area contributed by atoms with Crippen molar-refractivity contribution in [2.24, 2.45) is 0 Å². The van der Waals surface area contributed by atoms with E-state index in [0.717, 1.165) is 16.8 Å². The summed E-state index contributed by atoms with van der Waals surface area (Å²) < 4.78 is 39.8. The molecule has 0 spiro atoms. The molecule has 0 saturated carbocycles. The van der Waals surface area contributed by atoms with Crippen LogP contribution in [0.3, 0.4) is 0 Å². The molecular weight excluding hydrogens is 463 g/mol. The second-order valence-corrected chi connectivity index (χ2v) is 7.55. The largest absolute Gasteiger partial charge is 0.416 e. The number of aromatic nitrogens is 3. The summed E-state index contributed by atoms with van der Waals surface area (Å²) in [6, 6.07) is 16.9. The summed E-state index contributed by atoms with van der Waals surface area (Å²) in [5.74, 6) is -1.07. The maximum absolute atomic E-state index is 12.9. The van der Waals surface area contributed by atoms with Crippen molar-refractivity contribution >= 4 is 34.1 Å². The minimum absolute atomic E-state index is 0.00176. The fraction of sp³-hybridized carbons (Fsp3) is 0.125. The van der Waals surface area contributed by atoms with Gasteiger partial charge in [0.2, 0.25) is 5.91 Å². The highest BCUT2D eigenvalue weighted by atomic mass is 19.4. The molecule has 11 heteroatoms. The predicted molar refractivity (Wildman–Crippen MR) is 123 cm³/mol. The molecule has 2 amide bonds. The van der Waals surface area contributed by atoms with Gasteiger partial charge in [-0.15, -0.1) is 5.10 Å². The normalized spacial score (nSPS) is 11.3. The third-order valence-electron chi connectivity index (χ3n) is 5.04. The van der Waals surface area contributed by atoms with E-state index in [0.29, 0.717) is 16.6 Å². The number of nitrogens with zero attached hydrogens (tertiary/aromatic N) is 3. The minimum atomic E-state index is -4.53. The van der Waals surface area contributed by atoms with E-state index in [1.807, 2.05) is 0 Å². The summed E-state index contributed by atoms with van der Waals surface area (Å²) in [6.07, 6.45) is -4.61. The van der Waals surface area contributed by atoms with Crippen molar-refractivity contribution in [3.05, 3.63) is 94.3 Å². The summed E-state index contributed by atoms with van der Waals surface area (Å²) in [5.41, 5.74) is -0.358. The number of alkyl halides is 3. The third-order valence-corrected chi connectivity index (χ3v) is 5.04. The Morgan fingerprint density at radius 3 is 2.37 bits per heavy atom. The van der Waals surface area contributed by atoms with Crippen molar-refractivity contribution in [3.8, 4) is 0 Å².